The smallest absolute Gasteiger partial charge is 0.341 e. The Bertz CT molecular complexity index is 193. The molecule has 2 unspecified atom stereocenters. The molecule has 0 heterocycles. The van der Waals surface area contributed by atoms with Crippen molar-refractivity contribution < 1.29 is 18.7 Å². The molecular weight excluding hydrogens is 215 g/mol. The maximum absolute atomic E-state index is 10.2. The standard InChI is InChI=1S/C4H6Cl2O4S/c1-2(11(9)10)4(5,6)3(7)8/h2H,1H3,(H,7,8)(H,9,10)/p-1. The predicted molar refractivity (Wildman–Crippen MR) is 40.5 cm³/mol. The molecule has 0 bridgehead atoms. The van der Waals surface area contributed by atoms with Crippen molar-refractivity contribution >= 4 is 40.3 Å². The molecule has 4 nitrogen and oxygen atoms in total. The molecule has 0 fully saturated rings. The van der Waals surface area contributed by atoms with E-state index in [1.807, 2.05) is 0 Å². The molecule has 0 aliphatic carbocycles. The molecule has 0 saturated carbocycles. The Labute approximate surface area is 75.8 Å². The first-order valence-electron chi connectivity index (χ1n) is 2.49. The largest absolute Gasteiger partial charge is 0.772 e. The monoisotopic (exact) mass is 219 g/mol. The summed E-state index contributed by atoms with van der Waals surface area (Å²) in [5.74, 6) is -1.57. The molecule has 66 valence electrons. The normalized spacial score (nSPS) is 17.5. The van der Waals surface area contributed by atoms with E-state index in [2.05, 4.69) is 0 Å². The number of rotatable bonds is 3. The average molecular weight is 220 g/mol. The molecule has 0 aromatic carbocycles. The summed E-state index contributed by atoms with van der Waals surface area (Å²) in [6.45, 7) is 1.11. The van der Waals surface area contributed by atoms with Crippen LogP contribution in [0.3, 0.4) is 0 Å². The van der Waals surface area contributed by atoms with Crippen molar-refractivity contribution in [2.24, 2.45) is 0 Å². The van der Waals surface area contributed by atoms with Crippen LogP contribution in [-0.2, 0) is 15.9 Å². The molecule has 0 amide bonds. The SMILES string of the molecule is CC(S(=O)[O-])C(Cl)(Cl)C(=O)O. The van der Waals surface area contributed by atoms with Gasteiger partial charge in [-0.3, -0.25) is 4.21 Å². The van der Waals surface area contributed by atoms with E-state index < -0.39 is 26.6 Å². The molecule has 0 aliphatic heterocycles. The van der Waals surface area contributed by atoms with Gasteiger partial charge in [0.25, 0.3) is 0 Å². The Kier molecular flexibility index (Phi) is 3.76. The molecular formula is C4H5Cl2O4S-. The fraction of sp³-hybridized carbons (Fsp3) is 0.750. The summed E-state index contributed by atoms with van der Waals surface area (Å²) in [6.07, 6.45) is 0. The van der Waals surface area contributed by atoms with Gasteiger partial charge in [0.1, 0.15) is 0 Å². The first-order valence-corrected chi connectivity index (χ1v) is 4.38. The zero-order valence-electron chi connectivity index (χ0n) is 5.41. The van der Waals surface area contributed by atoms with Gasteiger partial charge in [-0.15, -0.1) is 0 Å². The van der Waals surface area contributed by atoms with E-state index in [1.54, 1.807) is 0 Å². The average Bonchev–Trinajstić information content (AvgIpc) is 1.85. The number of aliphatic carboxylic acids is 1. The van der Waals surface area contributed by atoms with Crippen LogP contribution < -0.4 is 0 Å². The van der Waals surface area contributed by atoms with Crippen LogP contribution in [-0.4, -0.2) is 29.4 Å². The van der Waals surface area contributed by atoms with Crippen LogP contribution in [0.2, 0.25) is 0 Å². The van der Waals surface area contributed by atoms with Crippen molar-refractivity contribution in [2.45, 2.75) is 16.5 Å². The fourth-order valence-electron chi connectivity index (χ4n) is 0.295. The Balaban J connectivity index is 4.55. The van der Waals surface area contributed by atoms with Crippen molar-refractivity contribution in [3.8, 4) is 0 Å². The highest BCUT2D eigenvalue weighted by molar-refractivity contribution is 7.80. The minimum absolute atomic E-state index is 1.11. The molecule has 7 heteroatoms. The van der Waals surface area contributed by atoms with Gasteiger partial charge >= 0.3 is 5.97 Å². The lowest BCUT2D eigenvalue weighted by Crippen LogP contribution is -2.39. The second-order valence-electron chi connectivity index (χ2n) is 1.83. The first kappa shape index (κ1) is 11.2. The lowest BCUT2D eigenvalue weighted by molar-refractivity contribution is -0.137. The third kappa shape index (κ3) is 2.59. The van der Waals surface area contributed by atoms with Crippen molar-refractivity contribution in [1.82, 2.24) is 0 Å². The van der Waals surface area contributed by atoms with Gasteiger partial charge in [0.15, 0.2) is 0 Å². The van der Waals surface area contributed by atoms with Crippen LogP contribution in [0.5, 0.6) is 0 Å². The Morgan fingerprint density at radius 3 is 2.18 bits per heavy atom. The van der Waals surface area contributed by atoms with Gasteiger partial charge in [-0.1, -0.05) is 23.2 Å². The first-order chi connectivity index (χ1) is 4.80. The quantitative estimate of drug-likeness (QED) is 0.555. The lowest BCUT2D eigenvalue weighted by atomic mass is 10.3. The van der Waals surface area contributed by atoms with Gasteiger partial charge in [-0.25, -0.2) is 4.79 Å². The molecule has 0 spiro atoms. The summed E-state index contributed by atoms with van der Waals surface area (Å²) in [7, 11) is 0. The number of carboxylic acids is 1. The number of alkyl halides is 2. The van der Waals surface area contributed by atoms with Crippen LogP contribution >= 0.6 is 23.2 Å². The fourth-order valence-corrected chi connectivity index (χ4v) is 1.07. The van der Waals surface area contributed by atoms with Crippen LogP contribution in [0.1, 0.15) is 6.92 Å². The van der Waals surface area contributed by atoms with E-state index in [4.69, 9.17) is 28.3 Å². The van der Waals surface area contributed by atoms with E-state index in [9.17, 15) is 13.6 Å². The molecule has 0 aromatic rings. The second kappa shape index (κ2) is 3.71. The summed E-state index contributed by atoms with van der Waals surface area (Å²) in [5, 5.41) is 6.98. The molecule has 1 N–H and O–H groups in total. The van der Waals surface area contributed by atoms with Gasteiger partial charge < -0.3 is 9.66 Å². The Morgan fingerprint density at radius 1 is 1.73 bits per heavy atom. The van der Waals surface area contributed by atoms with E-state index >= 15 is 0 Å². The van der Waals surface area contributed by atoms with Crippen LogP contribution in [0.25, 0.3) is 0 Å². The summed E-state index contributed by atoms with van der Waals surface area (Å²) < 4.78 is 18.2. The number of hydrogen-bond acceptors (Lipinski definition) is 3. The van der Waals surface area contributed by atoms with Gasteiger partial charge in [-0.05, 0) is 18.0 Å². The molecule has 2 atom stereocenters. The summed E-state index contributed by atoms with van der Waals surface area (Å²) in [6, 6.07) is 0. The van der Waals surface area contributed by atoms with Crippen molar-refractivity contribution in [3.63, 3.8) is 0 Å². The minimum Gasteiger partial charge on any atom is -0.772 e. The van der Waals surface area contributed by atoms with Crippen molar-refractivity contribution in [2.75, 3.05) is 0 Å². The van der Waals surface area contributed by atoms with Crippen LogP contribution in [0.4, 0.5) is 0 Å². The van der Waals surface area contributed by atoms with E-state index in [0.29, 0.717) is 0 Å². The number of halogens is 2. The van der Waals surface area contributed by atoms with Gasteiger partial charge in [0.2, 0.25) is 4.33 Å². The van der Waals surface area contributed by atoms with Gasteiger partial charge in [0.05, 0.1) is 5.25 Å². The van der Waals surface area contributed by atoms with E-state index in [-0.39, 0.29) is 0 Å². The highest BCUT2D eigenvalue weighted by Crippen LogP contribution is 2.28. The summed E-state index contributed by atoms with van der Waals surface area (Å²) in [5.41, 5.74) is 0. The second-order valence-corrected chi connectivity index (χ2v) is 4.44. The van der Waals surface area contributed by atoms with Crippen LogP contribution in [0, 0.1) is 0 Å². The molecule has 0 aromatic heterocycles. The van der Waals surface area contributed by atoms with Crippen LogP contribution in [0.15, 0.2) is 0 Å². The molecule has 0 rings (SSSR count). The van der Waals surface area contributed by atoms with Gasteiger partial charge in [-0.2, -0.15) is 0 Å². The topological polar surface area (TPSA) is 77.4 Å². The number of carbonyl (C=O) groups is 1. The summed E-state index contributed by atoms with van der Waals surface area (Å²) in [4.78, 5) is 10.2. The minimum atomic E-state index is -2.60. The predicted octanol–water partition coefficient (Wildman–Crippen LogP) is 0.513. The number of hydrogen-bond donors (Lipinski definition) is 1. The third-order valence-corrected chi connectivity index (χ3v) is 3.25. The van der Waals surface area contributed by atoms with Crippen molar-refractivity contribution in [3.05, 3.63) is 0 Å². The highest BCUT2D eigenvalue weighted by Gasteiger charge is 2.40. The third-order valence-electron chi connectivity index (χ3n) is 1.08. The van der Waals surface area contributed by atoms with Crippen molar-refractivity contribution in [1.29, 1.82) is 0 Å². The summed E-state index contributed by atoms with van der Waals surface area (Å²) >= 11 is 7.78. The highest BCUT2D eigenvalue weighted by atomic mass is 35.5. The Hall–Kier alpha value is 0.160. The molecule has 11 heavy (non-hydrogen) atoms. The maximum atomic E-state index is 10.2. The van der Waals surface area contributed by atoms with Gasteiger partial charge in [0, 0.05) is 0 Å². The molecule has 0 radical (unpaired) electrons. The number of carboxylic acid groups (broad SMARTS) is 1. The van der Waals surface area contributed by atoms with E-state index in [1.165, 1.54) is 0 Å². The maximum Gasteiger partial charge on any atom is 0.341 e. The zero-order valence-corrected chi connectivity index (χ0v) is 7.74. The lowest BCUT2D eigenvalue weighted by Gasteiger charge is -2.23. The Morgan fingerprint density at radius 2 is 2.09 bits per heavy atom. The zero-order chi connectivity index (χ0) is 9.23. The van der Waals surface area contributed by atoms with E-state index in [0.717, 1.165) is 6.92 Å². The molecule has 0 aliphatic rings. The molecule has 0 saturated heterocycles.